The predicted octanol–water partition coefficient (Wildman–Crippen LogP) is 3.17. The summed E-state index contributed by atoms with van der Waals surface area (Å²) in [6.07, 6.45) is 3.89. The summed E-state index contributed by atoms with van der Waals surface area (Å²) in [6, 6.07) is 4.05. The minimum atomic E-state index is 0.761. The zero-order chi connectivity index (χ0) is 14.4. The molecule has 108 valence electrons. The van der Waals surface area contributed by atoms with Gasteiger partial charge < -0.3 is 14.8 Å². The van der Waals surface area contributed by atoms with Crippen molar-refractivity contribution in [1.82, 2.24) is 10.3 Å². The van der Waals surface area contributed by atoms with E-state index in [1.165, 1.54) is 10.5 Å². The summed E-state index contributed by atoms with van der Waals surface area (Å²) in [4.78, 5) is 5.45. The number of nitrogens with zero attached hydrogens (tertiary/aromatic N) is 1. The van der Waals surface area contributed by atoms with Gasteiger partial charge in [0.1, 0.15) is 5.01 Å². The normalized spacial score (nSPS) is 10.6. The first-order valence-electron chi connectivity index (χ1n) is 6.16. The van der Waals surface area contributed by atoms with E-state index in [4.69, 9.17) is 9.47 Å². The van der Waals surface area contributed by atoms with Crippen molar-refractivity contribution in [2.24, 2.45) is 0 Å². The maximum atomic E-state index is 5.36. The fraction of sp³-hybridized carbons (Fsp3) is 0.357. The molecule has 2 aromatic rings. The number of hydrogen-bond acceptors (Lipinski definition) is 6. The number of rotatable bonds is 7. The first-order valence-corrected chi connectivity index (χ1v) is 8.27. The molecule has 1 heterocycles. The van der Waals surface area contributed by atoms with E-state index in [0.717, 1.165) is 29.6 Å². The molecule has 0 radical (unpaired) electrons. The average Bonchev–Trinajstić information content (AvgIpc) is 2.99. The van der Waals surface area contributed by atoms with Gasteiger partial charge in [-0.2, -0.15) is 0 Å². The van der Waals surface area contributed by atoms with Crippen LogP contribution in [-0.4, -0.2) is 25.5 Å². The predicted molar refractivity (Wildman–Crippen MR) is 84.0 cm³/mol. The van der Waals surface area contributed by atoms with Crippen LogP contribution in [0.5, 0.6) is 11.5 Å². The molecule has 0 aliphatic carbocycles. The van der Waals surface area contributed by atoms with Crippen LogP contribution < -0.4 is 14.8 Å². The van der Waals surface area contributed by atoms with E-state index in [9.17, 15) is 0 Å². The molecule has 0 bridgehead atoms. The molecule has 0 spiro atoms. The molecule has 0 aliphatic rings. The molecule has 0 unspecified atom stereocenters. The summed E-state index contributed by atoms with van der Waals surface area (Å²) in [5, 5.41) is 6.49. The second kappa shape index (κ2) is 7.52. The number of hydrogen-bond donors (Lipinski definition) is 1. The largest absolute Gasteiger partial charge is 0.493 e. The molecular formula is C14H18N2O2S2. The molecule has 6 heteroatoms. The van der Waals surface area contributed by atoms with Gasteiger partial charge in [0.25, 0.3) is 0 Å². The molecule has 0 saturated carbocycles. The molecule has 0 amide bonds. The van der Waals surface area contributed by atoms with E-state index in [1.807, 2.05) is 23.7 Å². The number of benzene rings is 1. The van der Waals surface area contributed by atoms with Gasteiger partial charge in [0.15, 0.2) is 11.5 Å². The Balaban J connectivity index is 2.09. The topological polar surface area (TPSA) is 43.4 Å². The Morgan fingerprint density at radius 2 is 1.95 bits per heavy atom. The number of thioether (sulfide) groups is 1. The van der Waals surface area contributed by atoms with Gasteiger partial charge in [0.2, 0.25) is 0 Å². The monoisotopic (exact) mass is 310 g/mol. The van der Waals surface area contributed by atoms with E-state index in [0.29, 0.717) is 0 Å². The van der Waals surface area contributed by atoms with Crippen LogP contribution in [0, 0.1) is 0 Å². The average molecular weight is 310 g/mol. The fourth-order valence-electron chi connectivity index (χ4n) is 1.87. The van der Waals surface area contributed by atoms with Crippen LogP contribution in [0.15, 0.2) is 28.6 Å². The van der Waals surface area contributed by atoms with Gasteiger partial charge >= 0.3 is 0 Å². The molecule has 20 heavy (non-hydrogen) atoms. The van der Waals surface area contributed by atoms with Gasteiger partial charge in [-0.05, 0) is 24.0 Å². The quantitative estimate of drug-likeness (QED) is 0.796. The minimum Gasteiger partial charge on any atom is -0.493 e. The van der Waals surface area contributed by atoms with Crippen LogP contribution in [0.1, 0.15) is 10.6 Å². The molecule has 2 rings (SSSR count). The van der Waals surface area contributed by atoms with Gasteiger partial charge in [-0.1, -0.05) is 0 Å². The number of nitrogens with one attached hydrogen (secondary N) is 1. The molecule has 0 atom stereocenters. The van der Waals surface area contributed by atoms with E-state index in [2.05, 4.69) is 16.6 Å². The maximum Gasteiger partial charge on any atom is 0.161 e. The Labute approximate surface area is 127 Å². The Kier molecular flexibility index (Phi) is 5.70. The lowest BCUT2D eigenvalue weighted by Gasteiger charge is -2.14. The smallest absolute Gasteiger partial charge is 0.161 e. The van der Waals surface area contributed by atoms with E-state index < -0.39 is 0 Å². The molecule has 0 aliphatic heterocycles. The van der Waals surface area contributed by atoms with Crippen LogP contribution in [0.25, 0.3) is 0 Å². The van der Waals surface area contributed by atoms with Crippen LogP contribution in [0.4, 0.5) is 0 Å². The van der Waals surface area contributed by atoms with E-state index in [-0.39, 0.29) is 0 Å². The number of ether oxygens (including phenoxy) is 2. The summed E-state index contributed by atoms with van der Waals surface area (Å²) in [5.74, 6) is 1.52. The number of thiazole rings is 1. The van der Waals surface area contributed by atoms with E-state index in [1.54, 1.807) is 37.3 Å². The zero-order valence-electron chi connectivity index (χ0n) is 11.8. The standard InChI is InChI=1S/C14H18N2O2S2/c1-17-11-6-10(13(19-3)7-12(11)18-2)8-15-9-14-16-4-5-20-14/h4-7,15H,8-9H2,1-3H3. The summed E-state index contributed by atoms with van der Waals surface area (Å²) in [5.41, 5.74) is 1.20. The summed E-state index contributed by atoms with van der Waals surface area (Å²) >= 11 is 3.36. The van der Waals surface area contributed by atoms with Crippen molar-refractivity contribution in [1.29, 1.82) is 0 Å². The van der Waals surface area contributed by atoms with Crippen molar-refractivity contribution >= 4 is 23.1 Å². The van der Waals surface area contributed by atoms with Crippen LogP contribution in [-0.2, 0) is 13.1 Å². The van der Waals surface area contributed by atoms with Crippen molar-refractivity contribution in [3.8, 4) is 11.5 Å². The molecule has 1 aromatic carbocycles. The highest BCUT2D eigenvalue weighted by molar-refractivity contribution is 7.98. The zero-order valence-corrected chi connectivity index (χ0v) is 13.4. The summed E-state index contributed by atoms with van der Waals surface area (Å²) in [6.45, 7) is 1.55. The molecule has 1 aromatic heterocycles. The second-order valence-electron chi connectivity index (χ2n) is 4.05. The number of methoxy groups -OCH3 is 2. The van der Waals surface area contributed by atoms with Crippen LogP contribution >= 0.6 is 23.1 Å². The third kappa shape index (κ3) is 3.65. The molecule has 0 fully saturated rings. The highest BCUT2D eigenvalue weighted by Gasteiger charge is 2.10. The first-order chi connectivity index (χ1) is 9.78. The molecule has 0 saturated heterocycles. The van der Waals surface area contributed by atoms with Crippen molar-refractivity contribution < 1.29 is 9.47 Å². The van der Waals surface area contributed by atoms with Crippen molar-refractivity contribution in [3.63, 3.8) is 0 Å². The lowest BCUT2D eigenvalue weighted by atomic mass is 10.2. The fourth-order valence-corrected chi connectivity index (χ4v) is 3.08. The van der Waals surface area contributed by atoms with Gasteiger partial charge in [-0.25, -0.2) is 4.98 Å². The van der Waals surface area contributed by atoms with Crippen molar-refractivity contribution in [3.05, 3.63) is 34.3 Å². The SMILES string of the molecule is COc1cc(CNCc2nccs2)c(SC)cc1OC. The Hall–Kier alpha value is -1.24. The van der Waals surface area contributed by atoms with Gasteiger partial charge in [-0.15, -0.1) is 23.1 Å². The van der Waals surface area contributed by atoms with Crippen molar-refractivity contribution in [2.45, 2.75) is 18.0 Å². The lowest BCUT2D eigenvalue weighted by molar-refractivity contribution is 0.353. The minimum absolute atomic E-state index is 0.761. The lowest BCUT2D eigenvalue weighted by Crippen LogP contribution is -2.13. The summed E-state index contributed by atoms with van der Waals surface area (Å²) in [7, 11) is 3.31. The Morgan fingerprint density at radius 3 is 2.55 bits per heavy atom. The molecular weight excluding hydrogens is 292 g/mol. The second-order valence-corrected chi connectivity index (χ2v) is 5.88. The van der Waals surface area contributed by atoms with Crippen LogP contribution in [0.2, 0.25) is 0 Å². The Morgan fingerprint density at radius 1 is 1.20 bits per heavy atom. The van der Waals surface area contributed by atoms with Crippen LogP contribution in [0.3, 0.4) is 0 Å². The van der Waals surface area contributed by atoms with E-state index >= 15 is 0 Å². The van der Waals surface area contributed by atoms with Gasteiger partial charge in [-0.3, -0.25) is 0 Å². The first kappa shape index (κ1) is 15.2. The maximum absolute atomic E-state index is 5.36. The van der Waals surface area contributed by atoms with Crippen molar-refractivity contribution in [2.75, 3.05) is 20.5 Å². The number of aromatic nitrogens is 1. The van der Waals surface area contributed by atoms with Gasteiger partial charge in [0, 0.05) is 29.6 Å². The summed E-state index contributed by atoms with van der Waals surface area (Å²) < 4.78 is 10.7. The highest BCUT2D eigenvalue weighted by atomic mass is 32.2. The molecule has 4 nitrogen and oxygen atoms in total. The third-order valence-corrected chi connectivity index (χ3v) is 4.46. The Bertz CT molecular complexity index is 544. The third-order valence-electron chi connectivity index (χ3n) is 2.86. The highest BCUT2D eigenvalue weighted by Crippen LogP contribution is 2.34. The van der Waals surface area contributed by atoms with Gasteiger partial charge in [0.05, 0.1) is 14.2 Å². The molecule has 1 N–H and O–H groups in total.